The highest BCUT2D eigenvalue weighted by Crippen LogP contribution is 2.30. The van der Waals surface area contributed by atoms with Crippen LogP contribution in [0.4, 0.5) is 5.69 Å². The predicted molar refractivity (Wildman–Crippen MR) is 102 cm³/mol. The maximum Gasteiger partial charge on any atom is 0.101 e. The number of hydrogen-bond donors (Lipinski definition) is 0. The zero-order valence-corrected chi connectivity index (χ0v) is 14.7. The molecule has 1 aromatic carbocycles. The highest BCUT2D eigenvalue weighted by atomic mass is 16.5. The molecule has 1 fully saturated rings. The second-order valence-corrected chi connectivity index (χ2v) is 6.34. The van der Waals surface area contributed by atoms with Gasteiger partial charge in [-0.05, 0) is 35.9 Å². The average Bonchev–Trinajstić information content (AvgIpc) is 3.10. The number of nitrogens with zero attached hydrogens (tertiary/aromatic N) is 4. The minimum Gasteiger partial charge on any atom is -0.378 e. The first kappa shape index (κ1) is 16.4. The molecule has 26 heavy (non-hydrogen) atoms. The Balaban J connectivity index is 1.65. The Hall–Kier alpha value is -3.10. The molecule has 5 heteroatoms. The Labute approximate surface area is 153 Å². The highest BCUT2D eigenvalue weighted by molar-refractivity contribution is 5.73. The number of pyridine rings is 1. The van der Waals surface area contributed by atoms with E-state index < -0.39 is 0 Å². The van der Waals surface area contributed by atoms with Crippen molar-refractivity contribution in [2.75, 3.05) is 31.2 Å². The van der Waals surface area contributed by atoms with Gasteiger partial charge in [-0.15, -0.1) is 0 Å². The highest BCUT2D eigenvalue weighted by Gasteiger charge is 2.14. The van der Waals surface area contributed by atoms with Crippen molar-refractivity contribution in [2.45, 2.75) is 0 Å². The fourth-order valence-corrected chi connectivity index (χ4v) is 3.44. The molecular weight excluding hydrogens is 324 g/mol. The van der Waals surface area contributed by atoms with E-state index in [-0.39, 0.29) is 0 Å². The summed E-state index contributed by atoms with van der Waals surface area (Å²) in [7, 11) is 2.03. The van der Waals surface area contributed by atoms with Crippen LogP contribution in [-0.4, -0.2) is 35.9 Å². The van der Waals surface area contributed by atoms with Crippen molar-refractivity contribution in [3.63, 3.8) is 0 Å². The van der Waals surface area contributed by atoms with Crippen molar-refractivity contribution >= 4 is 5.69 Å². The van der Waals surface area contributed by atoms with Crippen LogP contribution in [0.15, 0.2) is 54.9 Å². The number of hydrogen-bond acceptors (Lipinski definition) is 4. The summed E-state index contributed by atoms with van der Waals surface area (Å²) in [5.41, 5.74) is 6.00. The Morgan fingerprint density at radius 2 is 1.73 bits per heavy atom. The third kappa shape index (κ3) is 2.96. The second kappa shape index (κ2) is 7.03. The third-order valence-corrected chi connectivity index (χ3v) is 4.88. The summed E-state index contributed by atoms with van der Waals surface area (Å²) < 4.78 is 7.55. The molecule has 1 aliphatic rings. The van der Waals surface area contributed by atoms with E-state index in [1.54, 1.807) is 12.4 Å². The van der Waals surface area contributed by atoms with Crippen LogP contribution in [0.3, 0.4) is 0 Å². The summed E-state index contributed by atoms with van der Waals surface area (Å²) in [6.07, 6.45) is 3.33. The lowest BCUT2D eigenvalue weighted by molar-refractivity contribution is 0.122. The second-order valence-electron chi connectivity index (χ2n) is 6.34. The summed E-state index contributed by atoms with van der Waals surface area (Å²) >= 11 is 0. The summed E-state index contributed by atoms with van der Waals surface area (Å²) in [5, 5.41) is 9.34. The van der Waals surface area contributed by atoms with Crippen molar-refractivity contribution < 1.29 is 4.74 Å². The fourth-order valence-electron chi connectivity index (χ4n) is 3.44. The van der Waals surface area contributed by atoms with Crippen molar-refractivity contribution in [2.24, 2.45) is 7.05 Å². The Morgan fingerprint density at radius 1 is 1.00 bits per heavy atom. The first-order valence-corrected chi connectivity index (χ1v) is 8.71. The van der Waals surface area contributed by atoms with Crippen molar-refractivity contribution in [1.82, 2.24) is 9.55 Å². The van der Waals surface area contributed by atoms with Crippen molar-refractivity contribution in [3.05, 3.63) is 60.4 Å². The van der Waals surface area contributed by atoms with Crippen molar-refractivity contribution in [3.8, 4) is 28.6 Å². The van der Waals surface area contributed by atoms with Crippen LogP contribution < -0.4 is 4.90 Å². The minimum absolute atomic E-state index is 0.586. The fraction of sp³-hybridized carbons (Fsp3) is 0.238. The van der Waals surface area contributed by atoms with Crippen LogP contribution in [-0.2, 0) is 11.8 Å². The van der Waals surface area contributed by atoms with E-state index in [2.05, 4.69) is 56.9 Å². The number of aromatic nitrogens is 2. The molecule has 3 heterocycles. The Bertz CT molecular complexity index is 947. The molecule has 0 aliphatic carbocycles. The SMILES string of the molecule is Cn1c(-c2ccc(N3CCOCC3)cc2)ccc1-c1ccncc1C#N. The molecule has 0 amide bonds. The number of nitriles is 1. The lowest BCUT2D eigenvalue weighted by Gasteiger charge is -2.28. The molecule has 0 bridgehead atoms. The van der Waals surface area contributed by atoms with E-state index in [1.807, 2.05) is 13.1 Å². The summed E-state index contributed by atoms with van der Waals surface area (Å²) in [5.74, 6) is 0. The minimum atomic E-state index is 0.586. The molecule has 1 aliphatic heterocycles. The summed E-state index contributed by atoms with van der Waals surface area (Å²) in [6.45, 7) is 3.45. The smallest absolute Gasteiger partial charge is 0.101 e. The first-order chi connectivity index (χ1) is 12.8. The normalized spacial score (nSPS) is 14.2. The van der Waals surface area contributed by atoms with Gasteiger partial charge in [0.25, 0.3) is 0 Å². The number of anilines is 1. The van der Waals surface area contributed by atoms with Gasteiger partial charge in [-0.2, -0.15) is 5.26 Å². The number of benzene rings is 1. The van der Waals surface area contributed by atoms with Crippen LogP contribution >= 0.6 is 0 Å². The van der Waals surface area contributed by atoms with Gasteiger partial charge in [0.2, 0.25) is 0 Å². The largest absolute Gasteiger partial charge is 0.378 e. The van der Waals surface area contributed by atoms with E-state index in [0.29, 0.717) is 5.56 Å². The molecule has 0 N–H and O–H groups in total. The number of ether oxygens (including phenoxy) is 1. The van der Waals surface area contributed by atoms with E-state index >= 15 is 0 Å². The van der Waals surface area contributed by atoms with Gasteiger partial charge >= 0.3 is 0 Å². The Kier molecular flexibility index (Phi) is 4.42. The molecule has 5 nitrogen and oxygen atoms in total. The van der Waals surface area contributed by atoms with Gasteiger partial charge < -0.3 is 14.2 Å². The molecule has 1 saturated heterocycles. The third-order valence-electron chi connectivity index (χ3n) is 4.88. The van der Waals surface area contributed by atoms with E-state index in [0.717, 1.165) is 48.8 Å². The number of morpholine rings is 1. The zero-order chi connectivity index (χ0) is 17.9. The summed E-state index contributed by atoms with van der Waals surface area (Å²) in [4.78, 5) is 6.39. The van der Waals surface area contributed by atoms with Crippen LogP contribution in [0, 0.1) is 11.3 Å². The monoisotopic (exact) mass is 344 g/mol. The average molecular weight is 344 g/mol. The Morgan fingerprint density at radius 3 is 2.46 bits per heavy atom. The quantitative estimate of drug-likeness (QED) is 0.730. The van der Waals surface area contributed by atoms with Crippen LogP contribution in [0.5, 0.6) is 0 Å². The predicted octanol–water partition coefficient (Wildman–Crippen LogP) is 3.46. The van der Waals surface area contributed by atoms with Gasteiger partial charge in [0.15, 0.2) is 0 Å². The molecule has 0 atom stereocenters. The van der Waals surface area contributed by atoms with E-state index in [4.69, 9.17) is 4.74 Å². The van der Waals surface area contributed by atoms with Gasteiger partial charge in [0, 0.05) is 55.2 Å². The molecule has 0 radical (unpaired) electrons. The molecule has 2 aromatic heterocycles. The van der Waals surface area contributed by atoms with Gasteiger partial charge in [0.1, 0.15) is 6.07 Å². The molecule has 3 aromatic rings. The van der Waals surface area contributed by atoms with Crippen LogP contribution in [0.25, 0.3) is 22.5 Å². The van der Waals surface area contributed by atoms with Crippen molar-refractivity contribution in [1.29, 1.82) is 5.26 Å². The molecule has 0 unspecified atom stereocenters. The first-order valence-electron chi connectivity index (χ1n) is 8.71. The molecule has 0 saturated carbocycles. The van der Waals surface area contributed by atoms with Gasteiger partial charge in [-0.25, -0.2) is 0 Å². The van der Waals surface area contributed by atoms with Gasteiger partial charge in [-0.1, -0.05) is 12.1 Å². The molecule has 4 rings (SSSR count). The van der Waals surface area contributed by atoms with Crippen LogP contribution in [0.1, 0.15) is 5.56 Å². The van der Waals surface area contributed by atoms with Crippen LogP contribution in [0.2, 0.25) is 0 Å². The van der Waals surface area contributed by atoms with Gasteiger partial charge in [-0.3, -0.25) is 4.98 Å². The lowest BCUT2D eigenvalue weighted by atomic mass is 10.1. The number of rotatable bonds is 3. The maximum atomic E-state index is 9.34. The molecular formula is C21H20N4O. The van der Waals surface area contributed by atoms with E-state index in [9.17, 15) is 5.26 Å². The molecule has 130 valence electrons. The molecule has 0 spiro atoms. The standard InChI is InChI=1S/C21H20N4O/c1-24-20(6-7-21(24)19-8-9-23-15-17(19)14-22)16-2-4-18(5-3-16)25-10-12-26-13-11-25/h2-9,15H,10-13H2,1H3. The van der Waals surface area contributed by atoms with Gasteiger partial charge in [0.05, 0.1) is 18.8 Å². The topological polar surface area (TPSA) is 54.1 Å². The van der Waals surface area contributed by atoms with E-state index in [1.165, 1.54) is 5.69 Å². The zero-order valence-electron chi connectivity index (χ0n) is 14.7. The summed E-state index contributed by atoms with van der Waals surface area (Å²) in [6, 6.07) is 16.9. The maximum absolute atomic E-state index is 9.34. The lowest BCUT2D eigenvalue weighted by Crippen LogP contribution is -2.36.